The van der Waals surface area contributed by atoms with Crippen LogP contribution < -0.4 is 10.1 Å². The van der Waals surface area contributed by atoms with Crippen molar-refractivity contribution in [1.82, 2.24) is 10.2 Å². The molecule has 0 saturated heterocycles. The Hall–Kier alpha value is -1.62. The summed E-state index contributed by atoms with van der Waals surface area (Å²) in [6.45, 7) is 7.65. The van der Waals surface area contributed by atoms with Crippen molar-refractivity contribution in [2.45, 2.75) is 33.8 Å². The second-order valence-electron chi connectivity index (χ2n) is 4.54. The van der Waals surface area contributed by atoms with Gasteiger partial charge in [-0.05, 0) is 43.5 Å². The molecule has 0 saturated carbocycles. The summed E-state index contributed by atoms with van der Waals surface area (Å²) in [5, 5.41) is 13.2. The van der Waals surface area contributed by atoms with E-state index in [1.165, 1.54) is 11.1 Å². The van der Waals surface area contributed by atoms with E-state index < -0.39 is 0 Å². The zero-order valence-electron chi connectivity index (χ0n) is 11.6. The molecule has 1 aromatic heterocycles. The average molecular weight is 277 g/mol. The first-order valence-corrected chi connectivity index (χ1v) is 7.26. The van der Waals surface area contributed by atoms with Gasteiger partial charge in [-0.3, -0.25) is 0 Å². The van der Waals surface area contributed by atoms with E-state index in [-0.39, 0.29) is 0 Å². The van der Waals surface area contributed by atoms with Crippen LogP contribution in [0.5, 0.6) is 5.75 Å². The topological polar surface area (TPSA) is 47.0 Å². The van der Waals surface area contributed by atoms with Crippen LogP contribution in [-0.2, 0) is 6.61 Å². The number of hydrogen-bond donors (Lipinski definition) is 1. The fourth-order valence-electron chi connectivity index (χ4n) is 1.78. The molecule has 4 nitrogen and oxygen atoms in total. The highest BCUT2D eigenvalue weighted by molar-refractivity contribution is 7.15. The molecular weight excluding hydrogens is 258 g/mol. The Bertz CT molecular complexity index is 519. The van der Waals surface area contributed by atoms with E-state index in [0.29, 0.717) is 6.61 Å². The van der Waals surface area contributed by atoms with Gasteiger partial charge in [-0.15, -0.1) is 10.2 Å². The van der Waals surface area contributed by atoms with Crippen molar-refractivity contribution in [2.24, 2.45) is 0 Å². The maximum absolute atomic E-state index is 5.75. The minimum absolute atomic E-state index is 0.467. The van der Waals surface area contributed by atoms with E-state index in [2.05, 4.69) is 42.4 Å². The van der Waals surface area contributed by atoms with E-state index in [1.807, 2.05) is 12.1 Å². The predicted molar refractivity (Wildman–Crippen MR) is 78.9 cm³/mol. The summed E-state index contributed by atoms with van der Waals surface area (Å²) in [5.74, 6) is 0.885. The molecule has 0 aliphatic heterocycles. The Labute approximate surface area is 117 Å². The number of rotatable bonds is 6. The number of hydrogen-bond acceptors (Lipinski definition) is 5. The van der Waals surface area contributed by atoms with Gasteiger partial charge in [-0.1, -0.05) is 24.3 Å². The molecule has 2 rings (SSSR count). The lowest BCUT2D eigenvalue weighted by molar-refractivity contribution is 0.304. The molecule has 0 aliphatic rings. The third kappa shape index (κ3) is 4.21. The van der Waals surface area contributed by atoms with Crippen molar-refractivity contribution >= 4 is 16.5 Å². The van der Waals surface area contributed by atoms with Crippen LogP contribution in [0.15, 0.2) is 18.2 Å². The smallest absolute Gasteiger partial charge is 0.205 e. The van der Waals surface area contributed by atoms with E-state index in [4.69, 9.17) is 4.74 Å². The number of aromatic nitrogens is 2. The van der Waals surface area contributed by atoms with Gasteiger partial charge in [0.25, 0.3) is 0 Å². The maximum atomic E-state index is 5.75. The Morgan fingerprint density at radius 1 is 1.16 bits per heavy atom. The predicted octanol–water partition coefficient (Wildman–Crippen LogP) is 3.56. The summed E-state index contributed by atoms with van der Waals surface area (Å²) in [6, 6.07) is 6.19. The molecule has 0 bridgehead atoms. The van der Waals surface area contributed by atoms with Crippen molar-refractivity contribution in [2.75, 3.05) is 11.9 Å². The van der Waals surface area contributed by atoms with Gasteiger partial charge in [0.1, 0.15) is 12.4 Å². The monoisotopic (exact) mass is 277 g/mol. The lowest BCUT2D eigenvalue weighted by Crippen LogP contribution is -1.98. The Kier molecular flexibility index (Phi) is 4.74. The fraction of sp³-hybridized carbons (Fsp3) is 0.429. The summed E-state index contributed by atoms with van der Waals surface area (Å²) < 4.78 is 5.75. The van der Waals surface area contributed by atoms with Gasteiger partial charge in [0, 0.05) is 6.54 Å². The van der Waals surface area contributed by atoms with Crippen LogP contribution in [0.1, 0.15) is 29.5 Å². The number of ether oxygens (including phenoxy) is 1. The van der Waals surface area contributed by atoms with Crippen molar-refractivity contribution in [3.63, 3.8) is 0 Å². The average Bonchev–Trinajstić information content (AvgIpc) is 2.81. The number of nitrogens with zero attached hydrogens (tertiary/aromatic N) is 2. The molecule has 19 heavy (non-hydrogen) atoms. The Morgan fingerprint density at radius 2 is 1.89 bits per heavy atom. The molecule has 102 valence electrons. The minimum Gasteiger partial charge on any atom is -0.486 e. The second kappa shape index (κ2) is 6.52. The molecule has 5 heteroatoms. The number of nitrogens with one attached hydrogen (secondary N) is 1. The zero-order chi connectivity index (χ0) is 13.7. The molecule has 1 N–H and O–H groups in total. The Balaban J connectivity index is 1.92. The van der Waals surface area contributed by atoms with Gasteiger partial charge in [0.05, 0.1) is 0 Å². The number of aryl methyl sites for hydroxylation is 2. The normalized spacial score (nSPS) is 10.5. The molecule has 1 aromatic carbocycles. The Morgan fingerprint density at radius 3 is 2.58 bits per heavy atom. The van der Waals surface area contributed by atoms with E-state index in [0.717, 1.165) is 28.9 Å². The quantitative estimate of drug-likeness (QED) is 0.877. The standard InChI is InChI=1S/C14H19N3OS/c1-4-5-15-14-17-16-13(19-14)9-18-12-7-10(2)6-11(3)8-12/h6-8H,4-5,9H2,1-3H3,(H,15,17). The van der Waals surface area contributed by atoms with E-state index in [1.54, 1.807) is 11.3 Å². The molecule has 1 heterocycles. The highest BCUT2D eigenvalue weighted by Crippen LogP contribution is 2.20. The van der Waals surface area contributed by atoms with Gasteiger partial charge in [-0.2, -0.15) is 0 Å². The fourth-order valence-corrected chi connectivity index (χ4v) is 2.46. The summed E-state index contributed by atoms with van der Waals surface area (Å²) in [4.78, 5) is 0. The third-order valence-electron chi connectivity index (χ3n) is 2.55. The van der Waals surface area contributed by atoms with Crippen molar-refractivity contribution in [3.05, 3.63) is 34.3 Å². The molecule has 0 fully saturated rings. The van der Waals surface area contributed by atoms with E-state index in [9.17, 15) is 0 Å². The first-order chi connectivity index (χ1) is 9.17. The van der Waals surface area contributed by atoms with Gasteiger partial charge in [-0.25, -0.2) is 0 Å². The van der Waals surface area contributed by atoms with E-state index >= 15 is 0 Å². The molecular formula is C14H19N3OS. The number of anilines is 1. The van der Waals surface area contributed by atoms with Crippen LogP contribution in [0, 0.1) is 13.8 Å². The van der Waals surface area contributed by atoms with Crippen LogP contribution in [0.3, 0.4) is 0 Å². The van der Waals surface area contributed by atoms with Crippen LogP contribution in [0.2, 0.25) is 0 Å². The summed E-state index contributed by atoms with van der Waals surface area (Å²) in [5.41, 5.74) is 2.41. The minimum atomic E-state index is 0.467. The highest BCUT2D eigenvalue weighted by atomic mass is 32.1. The SMILES string of the molecule is CCCNc1nnc(COc2cc(C)cc(C)c2)s1. The molecule has 0 spiro atoms. The molecule has 0 unspecified atom stereocenters. The lowest BCUT2D eigenvalue weighted by atomic mass is 10.1. The molecule has 2 aromatic rings. The van der Waals surface area contributed by atoms with Crippen LogP contribution in [-0.4, -0.2) is 16.7 Å². The highest BCUT2D eigenvalue weighted by Gasteiger charge is 2.04. The molecule has 0 aliphatic carbocycles. The van der Waals surface area contributed by atoms with Crippen molar-refractivity contribution < 1.29 is 4.74 Å². The summed E-state index contributed by atoms with van der Waals surface area (Å²) in [6.07, 6.45) is 1.08. The maximum Gasteiger partial charge on any atom is 0.205 e. The van der Waals surface area contributed by atoms with Crippen molar-refractivity contribution in [3.8, 4) is 5.75 Å². The van der Waals surface area contributed by atoms with Crippen LogP contribution in [0.4, 0.5) is 5.13 Å². The lowest BCUT2D eigenvalue weighted by Gasteiger charge is -2.06. The number of benzene rings is 1. The molecule has 0 atom stereocenters. The van der Waals surface area contributed by atoms with Gasteiger partial charge in [0.2, 0.25) is 5.13 Å². The van der Waals surface area contributed by atoms with Crippen molar-refractivity contribution in [1.29, 1.82) is 0 Å². The van der Waals surface area contributed by atoms with Gasteiger partial charge < -0.3 is 10.1 Å². The first-order valence-electron chi connectivity index (χ1n) is 6.44. The third-order valence-corrected chi connectivity index (χ3v) is 3.41. The first kappa shape index (κ1) is 13.8. The largest absolute Gasteiger partial charge is 0.486 e. The molecule has 0 amide bonds. The summed E-state index contributed by atoms with van der Waals surface area (Å²) in [7, 11) is 0. The van der Waals surface area contributed by atoms with Gasteiger partial charge >= 0.3 is 0 Å². The summed E-state index contributed by atoms with van der Waals surface area (Å²) >= 11 is 1.54. The zero-order valence-corrected chi connectivity index (χ0v) is 12.4. The van der Waals surface area contributed by atoms with Crippen LogP contribution >= 0.6 is 11.3 Å². The van der Waals surface area contributed by atoms with Crippen LogP contribution in [0.25, 0.3) is 0 Å². The second-order valence-corrected chi connectivity index (χ2v) is 5.60. The van der Waals surface area contributed by atoms with Gasteiger partial charge in [0.15, 0.2) is 5.01 Å². The molecule has 0 radical (unpaired) electrons.